The second-order valence-corrected chi connectivity index (χ2v) is 7.51. The quantitative estimate of drug-likeness (QED) is 0.483. The smallest absolute Gasteiger partial charge is 0.191 e. The van der Waals surface area contributed by atoms with E-state index in [1.807, 2.05) is 0 Å². The molecule has 0 aromatic heterocycles. The predicted molar refractivity (Wildman–Crippen MR) is 106 cm³/mol. The standard InChI is InChI=1S/C20H39N3O3/c1-6-20(7-2)16(14-17(20)26-9-4)23-18(21-8-3)22-15-19(24-5)10-12-25-13-11-19/h16-17H,6-15H2,1-5H3,(H2,21,22,23). The Balaban J connectivity index is 2.05. The SMILES string of the molecule is CCNC(=NCC1(OC)CCOCC1)NC1CC(OCC)C1(CC)CC. The molecule has 0 spiro atoms. The molecule has 1 heterocycles. The molecule has 6 nitrogen and oxygen atoms in total. The summed E-state index contributed by atoms with van der Waals surface area (Å²) < 4.78 is 17.3. The van der Waals surface area contributed by atoms with Crippen LogP contribution < -0.4 is 10.6 Å². The summed E-state index contributed by atoms with van der Waals surface area (Å²) >= 11 is 0. The van der Waals surface area contributed by atoms with E-state index < -0.39 is 0 Å². The highest BCUT2D eigenvalue weighted by molar-refractivity contribution is 5.80. The van der Waals surface area contributed by atoms with Crippen LogP contribution in [0.2, 0.25) is 0 Å². The van der Waals surface area contributed by atoms with Crippen LogP contribution in [0.15, 0.2) is 4.99 Å². The number of aliphatic imine (C=N–C) groups is 1. The van der Waals surface area contributed by atoms with Crippen molar-refractivity contribution in [3.63, 3.8) is 0 Å². The summed E-state index contributed by atoms with van der Waals surface area (Å²) in [5.74, 6) is 0.890. The van der Waals surface area contributed by atoms with Crippen molar-refractivity contribution in [1.82, 2.24) is 10.6 Å². The Morgan fingerprint density at radius 3 is 2.38 bits per heavy atom. The van der Waals surface area contributed by atoms with Gasteiger partial charge in [-0.15, -0.1) is 0 Å². The minimum absolute atomic E-state index is 0.194. The Labute approximate surface area is 159 Å². The molecule has 1 saturated heterocycles. The average molecular weight is 370 g/mol. The Morgan fingerprint density at radius 2 is 1.85 bits per heavy atom. The van der Waals surface area contributed by atoms with Gasteiger partial charge in [0.15, 0.2) is 5.96 Å². The van der Waals surface area contributed by atoms with Gasteiger partial charge in [-0.25, -0.2) is 0 Å². The van der Waals surface area contributed by atoms with Gasteiger partial charge in [0.1, 0.15) is 0 Å². The van der Waals surface area contributed by atoms with Crippen molar-refractivity contribution in [2.24, 2.45) is 10.4 Å². The number of hydrogen-bond donors (Lipinski definition) is 2. The number of hydrogen-bond acceptors (Lipinski definition) is 4. The maximum atomic E-state index is 6.00. The number of rotatable bonds is 9. The van der Waals surface area contributed by atoms with Crippen LogP contribution in [0.25, 0.3) is 0 Å². The van der Waals surface area contributed by atoms with Crippen molar-refractivity contribution < 1.29 is 14.2 Å². The highest BCUT2D eigenvalue weighted by Crippen LogP contribution is 2.48. The molecule has 1 aliphatic heterocycles. The molecule has 2 aliphatic rings. The normalized spacial score (nSPS) is 27.7. The fourth-order valence-electron chi connectivity index (χ4n) is 4.46. The zero-order valence-corrected chi connectivity index (χ0v) is 17.4. The summed E-state index contributed by atoms with van der Waals surface area (Å²) in [6, 6.07) is 0.403. The molecule has 0 bridgehead atoms. The molecule has 2 N–H and O–H groups in total. The van der Waals surface area contributed by atoms with E-state index in [2.05, 4.69) is 38.3 Å². The third-order valence-corrected chi connectivity index (χ3v) is 6.49. The Morgan fingerprint density at radius 1 is 1.15 bits per heavy atom. The molecule has 2 unspecified atom stereocenters. The highest BCUT2D eigenvalue weighted by atomic mass is 16.5. The van der Waals surface area contributed by atoms with Gasteiger partial charge in [-0.1, -0.05) is 13.8 Å². The molecule has 26 heavy (non-hydrogen) atoms. The monoisotopic (exact) mass is 369 g/mol. The van der Waals surface area contributed by atoms with E-state index in [1.165, 1.54) is 0 Å². The van der Waals surface area contributed by atoms with Crippen LogP contribution in [0.3, 0.4) is 0 Å². The summed E-state index contributed by atoms with van der Waals surface area (Å²) in [5.41, 5.74) is 0.00446. The van der Waals surface area contributed by atoms with Crippen LogP contribution in [0.4, 0.5) is 0 Å². The predicted octanol–water partition coefficient (Wildman–Crippen LogP) is 2.72. The minimum atomic E-state index is -0.194. The fourth-order valence-corrected chi connectivity index (χ4v) is 4.46. The Bertz CT molecular complexity index is 446. The largest absolute Gasteiger partial charge is 0.381 e. The molecule has 1 saturated carbocycles. The van der Waals surface area contributed by atoms with Crippen LogP contribution in [0.1, 0.15) is 59.8 Å². The lowest BCUT2D eigenvalue weighted by molar-refractivity contribution is -0.133. The molecule has 2 rings (SSSR count). The fraction of sp³-hybridized carbons (Fsp3) is 0.950. The average Bonchev–Trinajstić information content (AvgIpc) is 2.67. The molecular weight excluding hydrogens is 330 g/mol. The lowest BCUT2D eigenvalue weighted by Crippen LogP contribution is -2.65. The van der Waals surface area contributed by atoms with Crippen molar-refractivity contribution in [1.29, 1.82) is 0 Å². The number of guanidine groups is 1. The maximum absolute atomic E-state index is 6.00. The first kappa shape index (κ1) is 21.5. The number of methoxy groups -OCH3 is 1. The van der Waals surface area contributed by atoms with E-state index in [9.17, 15) is 0 Å². The summed E-state index contributed by atoms with van der Waals surface area (Å²) in [7, 11) is 1.79. The molecule has 152 valence electrons. The molecule has 2 fully saturated rings. The molecular formula is C20H39N3O3. The van der Waals surface area contributed by atoms with Crippen molar-refractivity contribution in [2.75, 3.05) is 40.0 Å². The summed E-state index contributed by atoms with van der Waals surface area (Å²) in [6.45, 7) is 12.5. The minimum Gasteiger partial charge on any atom is -0.381 e. The Kier molecular flexibility index (Phi) is 8.17. The van der Waals surface area contributed by atoms with Crippen LogP contribution >= 0.6 is 0 Å². The Hall–Kier alpha value is -0.850. The number of ether oxygens (including phenoxy) is 3. The van der Waals surface area contributed by atoms with Gasteiger partial charge in [0.25, 0.3) is 0 Å². The first-order valence-electron chi connectivity index (χ1n) is 10.4. The van der Waals surface area contributed by atoms with E-state index in [-0.39, 0.29) is 11.0 Å². The summed E-state index contributed by atoms with van der Waals surface area (Å²) in [6.07, 6.45) is 5.42. The van der Waals surface area contributed by atoms with Crippen LogP contribution in [0, 0.1) is 5.41 Å². The van der Waals surface area contributed by atoms with Gasteiger partial charge in [-0.05, 0) is 33.1 Å². The van der Waals surface area contributed by atoms with E-state index in [1.54, 1.807) is 7.11 Å². The van der Waals surface area contributed by atoms with E-state index in [4.69, 9.17) is 19.2 Å². The first-order chi connectivity index (χ1) is 12.6. The van der Waals surface area contributed by atoms with Crippen LogP contribution in [-0.4, -0.2) is 63.7 Å². The molecule has 6 heteroatoms. The third kappa shape index (κ3) is 4.52. The zero-order valence-electron chi connectivity index (χ0n) is 17.4. The lowest BCUT2D eigenvalue weighted by atomic mass is 9.58. The second-order valence-electron chi connectivity index (χ2n) is 7.51. The van der Waals surface area contributed by atoms with Gasteiger partial charge in [-0.2, -0.15) is 0 Å². The molecule has 2 atom stereocenters. The zero-order chi connectivity index (χ0) is 19.0. The molecule has 0 aromatic rings. The van der Waals surface area contributed by atoms with Crippen LogP contribution in [0.5, 0.6) is 0 Å². The van der Waals surface area contributed by atoms with E-state index in [0.29, 0.717) is 18.7 Å². The topological polar surface area (TPSA) is 64.1 Å². The highest BCUT2D eigenvalue weighted by Gasteiger charge is 2.53. The summed E-state index contributed by atoms with van der Waals surface area (Å²) in [4.78, 5) is 4.88. The number of nitrogens with one attached hydrogen (secondary N) is 2. The van der Waals surface area contributed by atoms with Crippen molar-refractivity contribution >= 4 is 5.96 Å². The summed E-state index contributed by atoms with van der Waals surface area (Å²) in [5, 5.41) is 7.10. The lowest BCUT2D eigenvalue weighted by Gasteiger charge is -2.55. The van der Waals surface area contributed by atoms with Crippen molar-refractivity contribution in [3.05, 3.63) is 0 Å². The molecule has 0 amide bonds. The van der Waals surface area contributed by atoms with Gasteiger partial charge in [0, 0.05) is 57.8 Å². The van der Waals surface area contributed by atoms with Gasteiger partial charge < -0.3 is 24.8 Å². The van der Waals surface area contributed by atoms with Crippen molar-refractivity contribution in [3.8, 4) is 0 Å². The number of nitrogens with zero attached hydrogens (tertiary/aromatic N) is 1. The van der Waals surface area contributed by atoms with Gasteiger partial charge >= 0.3 is 0 Å². The van der Waals surface area contributed by atoms with Gasteiger partial charge in [0.05, 0.1) is 18.2 Å². The maximum Gasteiger partial charge on any atom is 0.191 e. The molecule has 1 aliphatic carbocycles. The second kappa shape index (κ2) is 9.90. The van der Waals surface area contributed by atoms with E-state index >= 15 is 0 Å². The van der Waals surface area contributed by atoms with Gasteiger partial charge in [0.2, 0.25) is 0 Å². The van der Waals surface area contributed by atoms with E-state index in [0.717, 1.165) is 64.4 Å². The molecule has 0 radical (unpaired) electrons. The van der Waals surface area contributed by atoms with Crippen LogP contribution in [-0.2, 0) is 14.2 Å². The molecule has 0 aromatic carbocycles. The van der Waals surface area contributed by atoms with Crippen molar-refractivity contribution in [2.45, 2.75) is 77.5 Å². The van der Waals surface area contributed by atoms with Gasteiger partial charge in [-0.3, -0.25) is 4.99 Å². The third-order valence-electron chi connectivity index (χ3n) is 6.49. The first-order valence-corrected chi connectivity index (χ1v) is 10.4.